The maximum atomic E-state index is 13.4. The van der Waals surface area contributed by atoms with Gasteiger partial charge in [-0.05, 0) is 24.3 Å². The number of halogens is 2. The molecular weight excluding hydrogens is 299 g/mol. The first-order chi connectivity index (χ1) is 10.0. The van der Waals surface area contributed by atoms with Crippen LogP contribution in [0.2, 0.25) is 5.02 Å². The Morgan fingerprint density at radius 3 is 2.81 bits per heavy atom. The SMILES string of the molecule is N/C(=N/O)c1ccc(NC(=O)c2ccncc2F)c(Cl)c1. The van der Waals surface area contributed by atoms with Gasteiger partial charge in [0.1, 0.15) is 0 Å². The minimum atomic E-state index is -0.737. The number of pyridine rings is 1. The van der Waals surface area contributed by atoms with Crippen LogP contribution in [-0.2, 0) is 0 Å². The molecule has 0 bridgehead atoms. The zero-order valence-corrected chi connectivity index (χ0v) is 11.3. The minimum Gasteiger partial charge on any atom is -0.409 e. The van der Waals surface area contributed by atoms with Crippen molar-refractivity contribution in [1.82, 2.24) is 4.98 Å². The molecule has 1 aromatic heterocycles. The third kappa shape index (κ3) is 3.26. The Bertz CT molecular complexity index is 721. The third-order valence-electron chi connectivity index (χ3n) is 2.64. The number of anilines is 1. The number of amidine groups is 1. The molecule has 1 aromatic carbocycles. The van der Waals surface area contributed by atoms with Gasteiger partial charge in [-0.1, -0.05) is 16.8 Å². The van der Waals surface area contributed by atoms with E-state index in [0.717, 1.165) is 6.20 Å². The molecule has 6 nitrogen and oxygen atoms in total. The fraction of sp³-hybridized carbons (Fsp3) is 0. The van der Waals surface area contributed by atoms with Gasteiger partial charge < -0.3 is 16.3 Å². The van der Waals surface area contributed by atoms with Gasteiger partial charge in [0.05, 0.1) is 22.5 Å². The van der Waals surface area contributed by atoms with Crippen molar-refractivity contribution in [2.24, 2.45) is 10.9 Å². The molecule has 21 heavy (non-hydrogen) atoms. The molecule has 1 heterocycles. The molecule has 0 fully saturated rings. The van der Waals surface area contributed by atoms with E-state index in [4.69, 9.17) is 22.5 Å². The van der Waals surface area contributed by atoms with Gasteiger partial charge in [0.15, 0.2) is 11.7 Å². The molecule has 8 heteroatoms. The van der Waals surface area contributed by atoms with Crippen molar-refractivity contribution in [3.05, 3.63) is 58.6 Å². The molecule has 4 N–H and O–H groups in total. The van der Waals surface area contributed by atoms with Crippen molar-refractivity contribution < 1.29 is 14.4 Å². The Kier molecular flexibility index (Phi) is 4.34. The Morgan fingerprint density at radius 2 is 2.19 bits per heavy atom. The molecule has 0 unspecified atom stereocenters. The van der Waals surface area contributed by atoms with Gasteiger partial charge in [0.2, 0.25) is 0 Å². The van der Waals surface area contributed by atoms with Crippen LogP contribution in [0.5, 0.6) is 0 Å². The summed E-state index contributed by atoms with van der Waals surface area (Å²) >= 11 is 5.99. The van der Waals surface area contributed by atoms with Crippen LogP contribution in [0, 0.1) is 5.82 Å². The third-order valence-corrected chi connectivity index (χ3v) is 2.95. The van der Waals surface area contributed by atoms with Gasteiger partial charge in [0.25, 0.3) is 5.91 Å². The van der Waals surface area contributed by atoms with Crippen LogP contribution in [0.1, 0.15) is 15.9 Å². The zero-order chi connectivity index (χ0) is 15.4. The normalized spacial score (nSPS) is 11.2. The highest BCUT2D eigenvalue weighted by Crippen LogP contribution is 2.24. The number of rotatable bonds is 3. The second-order valence-corrected chi connectivity index (χ2v) is 4.40. The summed E-state index contributed by atoms with van der Waals surface area (Å²) in [7, 11) is 0. The summed E-state index contributed by atoms with van der Waals surface area (Å²) in [5, 5.41) is 14.1. The number of hydrogen-bond acceptors (Lipinski definition) is 4. The second-order valence-electron chi connectivity index (χ2n) is 3.99. The van der Waals surface area contributed by atoms with E-state index in [0.29, 0.717) is 5.56 Å². The fourth-order valence-corrected chi connectivity index (χ4v) is 1.81. The Balaban J connectivity index is 2.25. The van der Waals surface area contributed by atoms with E-state index in [1.54, 1.807) is 0 Å². The van der Waals surface area contributed by atoms with E-state index in [2.05, 4.69) is 15.5 Å². The number of benzene rings is 1. The lowest BCUT2D eigenvalue weighted by Crippen LogP contribution is -2.16. The molecule has 0 saturated carbocycles. The van der Waals surface area contributed by atoms with Crippen molar-refractivity contribution >= 4 is 29.0 Å². The molecule has 108 valence electrons. The first-order valence-corrected chi connectivity index (χ1v) is 6.09. The quantitative estimate of drug-likeness (QED) is 0.350. The van der Waals surface area contributed by atoms with Gasteiger partial charge in [0, 0.05) is 11.8 Å². The van der Waals surface area contributed by atoms with Crippen molar-refractivity contribution in [3.63, 3.8) is 0 Å². The van der Waals surface area contributed by atoms with E-state index in [9.17, 15) is 9.18 Å². The van der Waals surface area contributed by atoms with E-state index in [-0.39, 0.29) is 22.1 Å². The molecule has 1 amide bonds. The zero-order valence-electron chi connectivity index (χ0n) is 10.5. The van der Waals surface area contributed by atoms with Crippen LogP contribution >= 0.6 is 11.6 Å². The van der Waals surface area contributed by atoms with E-state index in [1.165, 1.54) is 30.5 Å². The number of oxime groups is 1. The Labute approximate surface area is 124 Å². The number of nitrogens with two attached hydrogens (primary N) is 1. The molecule has 0 aliphatic carbocycles. The highest BCUT2D eigenvalue weighted by molar-refractivity contribution is 6.34. The maximum absolute atomic E-state index is 13.4. The lowest BCUT2D eigenvalue weighted by atomic mass is 10.2. The number of nitrogens with one attached hydrogen (secondary N) is 1. The number of carbonyl (C=O) groups excluding carboxylic acids is 1. The molecule has 2 aromatic rings. The topological polar surface area (TPSA) is 101 Å². The Morgan fingerprint density at radius 1 is 1.43 bits per heavy atom. The van der Waals surface area contributed by atoms with Crippen LogP contribution in [-0.4, -0.2) is 21.9 Å². The molecule has 0 aliphatic heterocycles. The summed E-state index contributed by atoms with van der Waals surface area (Å²) in [4.78, 5) is 15.5. The summed E-state index contributed by atoms with van der Waals surface area (Å²) in [5.41, 5.74) is 5.93. The van der Waals surface area contributed by atoms with Gasteiger partial charge in [-0.2, -0.15) is 0 Å². The monoisotopic (exact) mass is 308 g/mol. The van der Waals surface area contributed by atoms with Crippen LogP contribution in [0.3, 0.4) is 0 Å². The summed E-state index contributed by atoms with van der Waals surface area (Å²) in [6, 6.07) is 5.63. The smallest absolute Gasteiger partial charge is 0.258 e. The van der Waals surface area contributed by atoms with Crippen LogP contribution in [0.4, 0.5) is 10.1 Å². The predicted octanol–water partition coefficient (Wildman–Crippen LogP) is 2.22. The second kappa shape index (κ2) is 6.19. The molecule has 0 atom stereocenters. The number of hydrogen-bond donors (Lipinski definition) is 3. The van der Waals surface area contributed by atoms with E-state index in [1.807, 2.05) is 0 Å². The van der Waals surface area contributed by atoms with Crippen molar-refractivity contribution in [2.45, 2.75) is 0 Å². The molecule has 2 rings (SSSR count). The van der Waals surface area contributed by atoms with Crippen molar-refractivity contribution in [3.8, 4) is 0 Å². The van der Waals surface area contributed by atoms with Crippen LogP contribution < -0.4 is 11.1 Å². The molecule has 0 spiro atoms. The molecule has 0 radical (unpaired) electrons. The summed E-state index contributed by atoms with van der Waals surface area (Å²) in [6.07, 6.45) is 2.25. The van der Waals surface area contributed by atoms with Gasteiger partial charge >= 0.3 is 0 Å². The first kappa shape index (κ1) is 14.7. The standard InChI is InChI=1S/C13H10ClFN4O2/c14-9-5-7(12(16)19-21)1-2-11(9)18-13(20)8-3-4-17-6-10(8)15/h1-6,21H,(H2,16,19)(H,18,20). The Hall–Kier alpha value is -2.67. The highest BCUT2D eigenvalue weighted by Gasteiger charge is 2.13. The van der Waals surface area contributed by atoms with Crippen LogP contribution in [0.15, 0.2) is 41.8 Å². The number of amides is 1. The fourth-order valence-electron chi connectivity index (χ4n) is 1.58. The van der Waals surface area contributed by atoms with E-state index >= 15 is 0 Å². The van der Waals surface area contributed by atoms with Crippen molar-refractivity contribution in [2.75, 3.05) is 5.32 Å². The van der Waals surface area contributed by atoms with Gasteiger partial charge in [-0.15, -0.1) is 0 Å². The lowest BCUT2D eigenvalue weighted by Gasteiger charge is -2.09. The summed E-state index contributed by atoms with van der Waals surface area (Å²) < 4.78 is 13.4. The molecule has 0 aliphatic rings. The largest absolute Gasteiger partial charge is 0.409 e. The minimum absolute atomic E-state index is 0.116. The summed E-state index contributed by atoms with van der Waals surface area (Å²) in [6.45, 7) is 0. The average molecular weight is 309 g/mol. The van der Waals surface area contributed by atoms with Crippen LogP contribution in [0.25, 0.3) is 0 Å². The first-order valence-electron chi connectivity index (χ1n) is 5.71. The van der Waals surface area contributed by atoms with Crippen molar-refractivity contribution in [1.29, 1.82) is 0 Å². The maximum Gasteiger partial charge on any atom is 0.258 e. The summed E-state index contributed by atoms with van der Waals surface area (Å²) in [5.74, 6) is -1.51. The highest BCUT2D eigenvalue weighted by atomic mass is 35.5. The lowest BCUT2D eigenvalue weighted by molar-refractivity contribution is 0.102. The van der Waals surface area contributed by atoms with Gasteiger partial charge in [-0.3, -0.25) is 9.78 Å². The van der Waals surface area contributed by atoms with E-state index < -0.39 is 11.7 Å². The number of carbonyl (C=O) groups is 1. The predicted molar refractivity (Wildman–Crippen MR) is 76.1 cm³/mol. The molecular formula is C13H10ClFN4O2. The number of aromatic nitrogens is 1. The molecule has 0 saturated heterocycles. The van der Waals surface area contributed by atoms with Gasteiger partial charge in [-0.25, -0.2) is 4.39 Å². The number of nitrogens with zero attached hydrogens (tertiary/aromatic N) is 2. The average Bonchev–Trinajstić information content (AvgIpc) is 2.48.